The first-order chi connectivity index (χ1) is 16.4. The van der Waals surface area contributed by atoms with E-state index in [1.54, 1.807) is 23.1 Å². The molecule has 1 amide bonds. The van der Waals surface area contributed by atoms with Crippen LogP contribution in [0.25, 0.3) is 17.4 Å². The maximum absolute atomic E-state index is 12.9. The lowest BCUT2D eigenvalue weighted by Crippen LogP contribution is -2.27. The molecule has 1 atom stereocenters. The molecule has 1 unspecified atom stereocenters. The number of amides is 1. The predicted molar refractivity (Wildman–Crippen MR) is 139 cm³/mol. The summed E-state index contributed by atoms with van der Waals surface area (Å²) in [5.74, 6) is 1.09. The van der Waals surface area contributed by atoms with E-state index in [4.69, 9.17) is 21.4 Å². The van der Waals surface area contributed by atoms with E-state index in [1.165, 1.54) is 11.8 Å². The number of carbonyl (C=O) groups is 2. The zero-order valence-electron chi connectivity index (χ0n) is 19.0. The van der Waals surface area contributed by atoms with Crippen molar-refractivity contribution in [3.05, 3.63) is 88.5 Å². The minimum Gasteiger partial charge on any atom is -0.462 e. The van der Waals surface area contributed by atoms with Crippen LogP contribution in [0.15, 0.2) is 76.1 Å². The summed E-state index contributed by atoms with van der Waals surface area (Å²) in [5, 5.41) is 0. The van der Waals surface area contributed by atoms with E-state index in [-0.39, 0.29) is 11.9 Å². The van der Waals surface area contributed by atoms with E-state index in [0.717, 1.165) is 17.5 Å². The van der Waals surface area contributed by atoms with Gasteiger partial charge in [0.05, 0.1) is 23.6 Å². The van der Waals surface area contributed by atoms with Gasteiger partial charge in [0.15, 0.2) is 0 Å². The Kier molecular flexibility index (Phi) is 7.65. The van der Waals surface area contributed by atoms with Crippen LogP contribution < -0.4 is 0 Å². The summed E-state index contributed by atoms with van der Waals surface area (Å²) >= 11 is 6.70. The standard InChI is InChI=1S/C27H25NO4S2/c1-3-18(2)17-31-26(30)21-11-9-20(10-12-21)23-14-13-22(32-23)15-24-25(29)28(27(33)34-24)16-19-7-5-4-6-8-19/h4-15,18H,3,16-17H2,1-2H3/b24-15+. The van der Waals surface area contributed by atoms with Crippen molar-refractivity contribution in [3.63, 3.8) is 0 Å². The first-order valence-electron chi connectivity index (χ1n) is 11.1. The van der Waals surface area contributed by atoms with Gasteiger partial charge in [0.2, 0.25) is 0 Å². The molecule has 1 aromatic heterocycles. The molecule has 1 saturated heterocycles. The second kappa shape index (κ2) is 10.8. The monoisotopic (exact) mass is 491 g/mol. The van der Waals surface area contributed by atoms with Crippen LogP contribution in [0.2, 0.25) is 0 Å². The minimum absolute atomic E-state index is 0.128. The van der Waals surface area contributed by atoms with Crippen LogP contribution in [0.1, 0.15) is 41.9 Å². The average Bonchev–Trinajstić information content (AvgIpc) is 3.43. The molecule has 7 heteroatoms. The first kappa shape index (κ1) is 24.0. The van der Waals surface area contributed by atoms with Crippen molar-refractivity contribution in [3.8, 4) is 11.3 Å². The number of rotatable bonds is 8. The number of carbonyl (C=O) groups excluding carboxylic acids is 2. The summed E-state index contributed by atoms with van der Waals surface area (Å²) in [4.78, 5) is 27.2. The van der Waals surface area contributed by atoms with Gasteiger partial charge in [-0.3, -0.25) is 9.69 Å². The van der Waals surface area contributed by atoms with Gasteiger partial charge >= 0.3 is 5.97 Å². The Bertz CT molecular complexity index is 1210. The summed E-state index contributed by atoms with van der Waals surface area (Å²) in [6.07, 6.45) is 2.68. The zero-order valence-corrected chi connectivity index (χ0v) is 20.7. The molecule has 0 spiro atoms. The SMILES string of the molecule is CCC(C)COC(=O)c1ccc(-c2ccc(/C=C3/SC(=S)N(Cc4ccccc4)C3=O)o2)cc1. The third-order valence-corrected chi connectivity index (χ3v) is 6.94. The van der Waals surface area contributed by atoms with Gasteiger partial charge < -0.3 is 9.15 Å². The molecule has 174 valence electrons. The van der Waals surface area contributed by atoms with Gasteiger partial charge in [-0.05, 0) is 35.7 Å². The number of nitrogens with zero attached hydrogens (tertiary/aromatic N) is 1. The second-order valence-corrected chi connectivity index (χ2v) is 9.82. The number of hydrogen-bond donors (Lipinski definition) is 0. The smallest absolute Gasteiger partial charge is 0.338 e. The van der Waals surface area contributed by atoms with Crippen molar-refractivity contribution in [1.82, 2.24) is 4.90 Å². The number of benzene rings is 2. The Hall–Kier alpha value is -3.16. The lowest BCUT2D eigenvalue weighted by Gasteiger charge is -2.14. The molecule has 2 aromatic carbocycles. The molecule has 0 aliphatic carbocycles. The normalized spacial score (nSPS) is 15.7. The summed E-state index contributed by atoms with van der Waals surface area (Å²) in [6.45, 7) is 4.97. The number of thioether (sulfide) groups is 1. The number of esters is 1. The Balaban J connectivity index is 1.42. The maximum Gasteiger partial charge on any atom is 0.338 e. The van der Waals surface area contributed by atoms with Gasteiger partial charge in [-0.15, -0.1) is 0 Å². The largest absolute Gasteiger partial charge is 0.462 e. The Morgan fingerprint density at radius 1 is 1.12 bits per heavy atom. The van der Waals surface area contributed by atoms with Crippen molar-refractivity contribution < 1.29 is 18.7 Å². The molecule has 1 fully saturated rings. The molecule has 34 heavy (non-hydrogen) atoms. The average molecular weight is 492 g/mol. The molecule has 1 aliphatic rings. The van der Waals surface area contributed by atoms with Crippen LogP contribution in [0, 0.1) is 5.92 Å². The maximum atomic E-state index is 12.9. The Morgan fingerprint density at radius 2 is 1.85 bits per heavy atom. The van der Waals surface area contributed by atoms with Crippen LogP contribution >= 0.6 is 24.0 Å². The topological polar surface area (TPSA) is 59.8 Å². The van der Waals surface area contributed by atoms with Crippen LogP contribution in [0.5, 0.6) is 0 Å². The Labute approximate surface area is 208 Å². The van der Waals surface area contributed by atoms with Crippen LogP contribution in [0.3, 0.4) is 0 Å². The molecular formula is C27H25NO4S2. The zero-order chi connectivity index (χ0) is 24.1. The van der Waals surface area contributed by atoms with E-state index >= 15 is 0 Å². The second-order valence-electron chi connectivity index (χ2n) is 8.14. The Morgan fingerprint density at radius 3 is 2.56 bits per heavy atom. The van der Waals surface area contributed by atoms with Gasteiger partial charge in [-0.25, -0.2) is 4.79 Å². The fourth-order valence-electron chi connectivity index (χ4n) is 3.31. The summed E-state index contributed by atoms with van der Waals surface area (Å²) < 4.78 is 11.8. The van der Waals surface area contributed by atoms with Crippen molar-refractivity contribution >= 4 is 46.3 Å². The van der Waals surface area contributed by atoms with Gasteiger partial charge in [0.25, 0.3) is 5.91 Å². The van der Waals surface area contributed by atoms with Crippen LogP contribution in [-0.2, 0) is 16.1 Å². The van der Waals surface area contributed by atoms with Crippen LogP contribution in [0.4, 0.5) is 0 Å². The molecule has 3 aromatic rings. The van der Waals surface area contributed by atoms with Crippen molar-refractivity contribution in [2.75, 3.05) is 6.61 Å². The third-order valence-electron chi connectivity index (χ3n) is 5.56. The van der Waals surface area contributed by atoms with Crippen molar-refractivity contribution in [2.45, 2.75) is 26.8 Å². The molecule has 0 saturated carbocycles. The molecule has 2 heterocycles. The number of hydrogen-bond acceptors (Lipinski definition) is 6. The van der Waals surface area contributed by atoms with E-state index in [9.17, 15) is 9.59 Å². The molecule has 0 N–H and O–H groups in total. The lowest BCUT2D eigenvalue weighted by molar-refractivity contribution is -0.122. The lowest BCUT2D eigenvalue weighted by atomic mass is 10.1. The minimum atomic E-state index is -0.329. The van der Waals surface area contributed by atoms with Gasteiger partial charge in [0, 0.05) is 11.6 Å². The molecule has 1 aliphatic heterocycles. The fourth-order valence-corrected chi connectivity index (χ4v) is 4.54. The fraction of sp³-hybridized carbons (Fsp3) is 0.222. The molecule has 0 radical (unpaired) electrons. The summed E-state index contributed by atoms with van der Waals surface area (Å²) in [6, 6.07) is 20.5. The highest BCUT2D eigenvalue weighted by Gasteiger charge is 2.32. The third kappa shape index (κ3) is 5.66. The van der Waals surface area contributed by atoms with Gasteiger partial charge in [-0.2, -0.15) is 0 Å². The van der Waals surface area contributed by atoms with Gasteiger partial charge in [-0.1, -0.05) is 86.7 Å². The molecule has 5 nitrogen and oxygen atoms in total. The number of thiocarbonyl (C=S) groups is 1. The van der Waals surface area contributed by atoms with E-state index in [2.05, 4.69) is 6.92 Å². The molecule has 0 bridgehead atoms. The highest BCUT2D eigenvalue weighted by atomic mass is 32.2. The summed E-state index contributed by atoms with van der Waals surface area (Å²) in [5.41, 5.74) is 2.35. The van der Waals surface area contributed by atoms with Gasteiger partial charge in [0.1, 0.15) is 15.8 Å². The quantitative estimate of drug-likeness (QED) is 0.202. The van der Waals surface area contributed by atoms with Crippen molar-refractivity contribution in [2.24, 2.45) is 5.92 Å². The number of furan rings is 1. The van der Waals surface area contributed by atoms with Crippen molar-refractivity contribution in [1.29, 1.82) is 0 Å². The highest BCUT2D eigenvalue weighted by Crippen LogP contribution is 2.34. The highest BCUT2D eigenvalue weighted by molar-refractivity contribution is 8.26. The van der Waals surface area contributed by atoms with Crippen LogP contribution in [-0.4, -0.2) is 27.7 Å². The van der Waals surface area contributed by atoms with E-state index < -0.39 is 0 Å². The number of ether oxygens (including phenoxy) is 1. The van der Waals surface area contributed by atoms with E-state index in [1.807, 2.05) is 61.5 Å². The molecule has 4 rings (SSSR count). The first-order valence-corrected chi connectivity index (χ1v) is 12.3. The predicted octanol–water partition coefficient (Wildman–Crippen LogP) is 6.55. The van der Waals surface area contributed by atoms with E-state index in [0.29, 0.717) is 45.4 Å². The molecular weight excluding hydrogens is 466 g/mol. The summed E-state index contributed by atoms with van der Waals surface area (Å²) in [7, 11) is 0.